The Bertz CT molecular complexity index is 1400. The van der Waals surface area contributed by atoms with E-state index >= 15 is 0 Å². The van der Waals surface area contributed by atoms with Gasteiger partial charge in [0.2, 0.25) is 5.95 Å². The average molecular weight is 462 g/mol. The molecule has 0 bridgehead atoms. The van der Waals surface area contributed by atoms with Gasteiger partial charge < -0.3 is 31.0 Å². The van der Waals surface area contributed by atoms with Crippen molar-refractivity contribution in [3.05, 3.63) is 65.1 Å². The molecule has 34 heavy (non-hydrogen) atoms. The summed E-state index contributed by atoms with van der Waals surface area (Å²) in [5, 5.41) is 6.97. The number of carbonyl (C=O) groups is 1. The maximum Gasteiger partial charge on any atom is 0.253 e. The Morgan fingerprint density at radius 3 is 2.82 bits per heavy atom. The monoisotopic (exact) mass is 461 g/mol. The number of fused-ring (bicyclic) bond motifs is 2. The maximum atomic E-state index is 14.3. The summed E-state index contributed by atoms with van der Waals surface area (Å²) in [4.78, 5) is 26.3. The smallest absolute Gasteiger partial charge is 0.253 e. The van der Waals surface area contributed by atoms with E-state index in [0.717, 1.165) is 25.2 Å². The lowest BCUT2D eigenvalue weighted by atomic mass is 9.99. The molecule has 5 N–H and O–H groups in total. The molecule has 0 unspecified atom stereocenters. The first kappa shape index (κ1) is 21.7. The second kappa shape index (κ2) is 8.64. The van der Waals surface area contributed by atoms with Gasteiger partial charge >= 0.3 is 0 Å². The number of nitrogens with zero attached hydrogens (tertiary/aromatic N) is 3. The number of amides is 1. The Kier molecular flexibility index (Phi) is 5.50. The van der Waals surface area contributed by atoms with Gasteiger partial charge in [-0.3, -0.25) is 4.79 Å². The van der Waals surface area contributed by atoms with Crippen LogP contribution in [0.1, 0.15) is 21.5 Å². The Morgan fingerprint density at radius 1 is 1.18 bits per heavy atom. The molecule has 2 aromatic carbocycles. The van der Waals surface area contributed by atoms with E-state index in [0.29, 0.717) is 28.5 Å². The Hall–Kier alpha value is -4.18. The molecule has 0 radical (unpaired) electrons. The van der Waals surface area contributed by atoms with Crippen LogP contribution in [-0.4, -0.2) is 46.5 Å². The number of H-pyrrole nitrogens is 1. The summed E-state index contributed by atoms with van der Waals surface area (Å²) in [7, 11) is 3.71. The van der Waals surface area contributed by atoms with Crippen molar-refractivity contribution in [3.8, 4) is 5.75 Å². The predicted octanol–water partition coefficient (Wildman–Crippen LogP) is 3.68. The van der Waals surface area contributed by atoms with Crippen molar-refractivity contribution in [1.29, 1.82) is 0 Å². The van der Waals surface area contributed by atoms with Gasteiger partial charge in [0.25, 0.3) is 5.91 Å². The number of nitrogens with two attached hydrogens (primary N) is 1. The fourth-order valence-corrected chi connectivity index (χ4v) is 4.21. The molecular weight excluding hydrogens is 437 g/mol. The van der Waals surface area contributed by atoms with Crippen molar-refractivity contribution in [2.45, 2.75) is 13.0 Å². The molecule has 5 rings (SSSR count). The molecule has 0 saturated heterocycles. The lowest BCUT2D eigenvalue weighted by molar-refractivity contribution is 0.0997. The van der Waals surface area contributed by atoms with Crippen LogP contribution < -0.4 is 21.1 Å². The summed E-state index contributed by atoms with van der Waals surface area (Å²) in [5.41, 5.74) is 9.15. The number of hydrogen-bond donors (Lipinski definition) is 4. The second-order valence-corrected chi connectivity index (χ2v) is 8.22. The molecular formula is C24H24FN7O2. The fraction of sp³-hybridized carbons (Fsp3) is 0.208. The van der Waals surface area contributed by atoms with Crippen LogP contribution in [0, 0.1) is 5.82 Å². The van der Waals surface area contributed by atoms with Crippen molar-refractivity contribution in [1.82, 2.24) is 19.9 Å². The summed E-state index contributed by atoms with van der Waals surface area (Å²) < 4.78 is 19.9. The van der Waals surface area contributed by atoms with E-state index in [1.807, 2.05) is 6.07 Å². The van der Waals surface area contributed by atoms with Gasteiger partial charge in [-0.1, -0.05) is 6.07 Å². The molecule has 3 heterocycles. The van der Waals surface area contributed by atoms with Crippen molar-refractivity contribution in [2.75, 3.05) is 31.3 Å². The Labute approximate surface area is 195 Å². The van der Waals surface area contributed by atoms with E-state index in [4.69, 9.17) is 10.5 Å². The Morgan fingerprint density at radius 2 is 2.03 bits per heavy atom. The van der Waals surface area contributed by atoms with Crippen molar-refractivity contribution in [3.63, 3.8) is 0 Å². The van der Waals surface area contributed by atoms with Crippen LogP contribution in [0.4, 0.5) is 27.5 Å². The summed E-state index contributed by atoms with van der Waals surface area (Å²) >= 11 is 0. The lowest BCUT2D eigenvalue weighted by Gasteiger charge is -2.26. The van der Waals surface area contributed by atoms with E-state index < -0.39 is 11.7 Å². The second-order valence-electron chi connectivity index (χ2n) is 8.22. The molecule has 2 aromatic heterocycles. The van der Waals surface area contributed by atoms with E-state index in [1.165, 1.54) is 23.3 Å². The number of ether oxygens (including phenoxy) is 1. The van der Waals surface area contributed by atoms with Crippen LogP contribution in [0.3, 0.4) is 0 Å². The highest BCUT2D eigenvalue weighted by Crippen LogP contribution is 2.34. The van der Waals surface area contributed by atoms with Crippen molar-refractivity contribution < 1.29 is 13.9 Å². The minimum absolute atomic E-state index is 0.217. The van der Waals surface area contributed by atoms with Crippen molar-refractivity contribution in [2.24, 2.45) is 5.73 Å². The van der Waals surface area contributed by atoms with Gasteiger partial charge in [-0.2, -0.15) is 9.97 Å². The molecule has 0 saturated carbocycles. The number of benzene rings is 2. The number of likely N-dealkylation sites (N-methyl/N-ethyl adjacent to an activating group) is 1. The number of carbonyl (C=O) groups excluding carboxylic acids is 1. The highest BCUT2D eigenvalue weighted by molar-refractivity contribution is 6.01. The highest BCUT2D eigenvalue weighted by atomic mass is 19.1. The first-order valence-corrected chi connectivity index (χ1v) is 10.8. The van der Waals surface area contributed by atoms with Gasteiger partial charge in [-0.25, -0.2) is 4.39 Å². The topological polar surface area (TPSA) is 121 Å². The molecule has 0 atom stereocenters. The number of aromatic nitrogens is 3. The standard InChI is InChI=1S/C24H24FN7O2/c1-32-9-7-13-11-19(34-2)18(10-14(13)12-32)29-24-30-22-15(6-8-27-22)23(31-24)28-17-5-3-4-16(25)20(17)21(26)33/h3-6,8,10-11H,7,9,12H2,1-2H3,(H2,26,33)(H3,27,28,29,30,31). The van der Waals surface area contributed by atoms with Crippen LogP contribution in [0.5, 0.6) is 5.75 Å². The Balaban J connectivity index is 1.54. The van der Waals surface area contributed by atoms with Crippen LogP contribution in [-0.2, 0) is 13.0 Å². The number of primary amides is 1. The number of anilines is 4. The van der Waals surface area contributed by atoms with Gasteiger partial charge in [-0.05, 0) is 54.9 Å². The van der Waals surface area contributed by atoms with Crippen LogP contribution in [0.2, 0.25) is 0 Å². The fourth-order valence-electron chi connectivity index (χ4n) is 4.21. The zero-order valence-corrected chi connectivity index (χ0v) is 18.8. The zero-order valence-electron chi connectivity index (χ0n) is 18.8. The lowest BCUT2D eigenvalue weighted by Crippen LogP contribution is -2.26. The average Bonchev–Trinajstić information content (AvgIpc) is 3.27. The highest BCUT2D eigenvalue weighted by Gasteiger charge is 2.19. The summed E-state index contributed by atoms with van der Waals surface area (Å²) in [6, 6.07) is 10.1. The quantitative estimate of drug-likeness (QED) is 0.346. The molecule has 0 spiro atoms. The van der Waals surface area contributed by atoms with Crippen LogP contribution in [0.25, 0.3) is 11.0 Å². The summed E-state index contributed by atoms with van der Waals surface area (Å²) in [5.74, 6) is -0.203. The molecule has 1 amide bonds. The molecule has 9 nitrogen and oxygen atoms in total. The first-order valence-electron chi connectivity index (χ1n) is 10.8. The minimum Gasteiger partial charge on any atom is -0.495 e. The van der Waals surface area contributed by atoms with Gasteiger partial charge in [0.05, 0.1) is 29.4 Å². The third-order valence-corrected chi connectivity index (χ3v) is 5.90. The minimum atomic E-state index is -0.873. The maximum absolute atomic E-state index is 14.3. The molecule has 1 aliphatic rings. The summed E-state index contributed by atoms with van der Waals surface area (Å²) in [6.45, 7) is 1.84. The van der Waals surface area contributed by atoms with Crippen molar-refractivity contribution >= 4 is 40.1 Å². The largest absolute Gasteiger partial charge is 0.495 e. The van der Waals surface area contributed by atoms with Crippen LogP contribution in [0.15, 0.2) is 42.6 Å². The number of halogens is 1. The normalized spacial score (nSPS) is 13.5. The molecule has 0 fully saturated rings. The number of methoxy groups -OCH3 is 1. The molecule has 10 heteroatoms. The number of aromatic amines is 1. The molecule has 1 aliphatic heterocycles. The van der Waals surface area contributed by atoms with E-state index in [9.17, 15) is 9.18 Å². The van der Waals surface area contributed by atoms with E-state index in [-0.39, 0.29) is 11.3 Å². The number of hydrogen-bond acceptors (Lipinski definition) is 7. The predicted molar refractivity (Wildman–Crippen MR) is 128 cm³/mol. The third-order valence-electron chi connectivity index (χ3n) is 5.90. The molecule has 4 aromatic rings. The molecule has 0 aliphatic carbocycles. The van der Waals surface area contributed by atoms with Gasteiger partial charge in [0.15, 0.2) is 0 Å². The van der Waals surface area contributed by atoms with E-state index in [2.05, 4.69) is 43.6 Å². The van der Waals surface area contributed by atoms with Gasteiger partial charge in [0, 0.05) is 19.3 Å². The zero-order chi connectivity index (χ0) is 23.8. The van der Waals surface area contributed by atoms with Gasteiger partial charge in [0.1, 0.15) is 23.0 Å². The summed E-state index contributed by atoms with van der Waals surface area (Å²) in [6.07, 6.45) is 2.68. The third kappa shape index (κ3) is 3.99. The van der Waals surface area contributed by atoms with Crippen LogP contribution >= 0.6 is 0 Å². The SMILES string of the molecule is COc1cc2c(cc1Nc1nc(Nc3cccc(F)c3C(N)=O)c3cc[nH]c3n1)CN(C)CC2. The molecule has 174 valence electrons. The first-order chi connectivity index (χ1) is 16.4. The van der Waals surface area contributed by atoms with E-state index in [1.54, 1.807) is 25.4 Å². The number of rotatable bonds is 6. The van der Waals surface area contributed by atoms with Gasteiger partial charge in [-0.15, -0.1) is 0 Å². The number of nitrogens with one attached hydrogen (secondary N) is 3.